The fraction of sp³-hybridized carbons (Fsp3) is 0.636. The number of H-pyrrole nitrogens is 2. The van der Waals surface area contributed by atoms with Crippen molar-refractivity contribution < 1.29 is 18.7 Å². The Morgan fingerprint density at radius 1 is 1.22 bits per heavy atom. The molecule has 2 rings (SSSR count). The van der Waals surface area contributed by atoms with Gasteiger partial charge in [0.1, 0.15) is 0 Å². The summed E-state index contributed by atoms with van der Waals surface area (Å²) in [5, 5.41) is 21.7. The van der Waals surface area contributed by atoms with Crippen molar-refractivity contribution in [3.05, 3.63) is 20.7 Å². The zero-order valence-corrected chi connectivity index (χ0v) is 13.6. The van der Waals surface area contributed by atoms with Gasteiger partial charge >= 0.3 is 7.60 Å². The molecule has 0 aliphatic carbocycles. The van der Waals surface area contributed by atoms with Gasteiger partial charge in [0, 0.05) is 13.0 Å². The predicted octanol–water partition coefficient (Wildman–Crippen LogP) is -0.218. The molecule has 0 aromatic carbocycles. The van der Waals surface area contributed by atoms with E-state index in [1.54, 1.807) is 13.8 Å². The number of nitrogens with zero attached hydrogens (tertiary/aromatic N) is 3. The van der Waals surface area contributed by atoms with Crippen molar-refractivity contribution in [1.29, 1.82) is 0 Å². The van der Waals surface area contributed by atoms with Crippen LogP contribution in [0.25, 0.3) is 11.0 Å². The van der Waals surface area contributed by atoms with Crippen molar-refractivity contribution in [2.75, 3.05) is 13.2 Å². The fourth-order valence-electron chi connectivity index (χ4n) is 2.04. The van der Waals surface area contributed by atoms with E-state index in [9.17, 15) is 19.3 Å². The number of aliphatic hydroxyl groups is 1. The largest absolute Gasteiger partial charge is 0.380 e. The molecule has 0 amide bonds. The number of aromatic amines is 2. The monoisotopic (exact) mass is 347 g/mol. The molecule has 128 valence electrons. The summed E-state index contributed by atoms with van der Waals surface area (Å²) in [4.78, 5) is 23.3. The van der Waals surface area contributed by atoms with E-state index in [2.05, 4.69) is 20.5 Å². The number of hydrogen-bond donors (Lipinski definition) is 3. The predicted molar refractivity (Wildman–Crippen MR) is 80.3 cm³/mol. The molecule has 2 aromatic heterocycles. The molecule has 23 heavy (non-hydrogen) atoms. The van der Waals surface area contributed by atoms with Crippen LogP contribution in [-0.4, -0.2) is 49.4 Å². The molecule has 0 saturated heterocycles. The van der Waals surface area contributed by atoms with Crippen molar-refractivity contribution in [3.63, 3.8) is 0 Å². The molecule has 0 aliphatic heterocycles. The molecule has 0 spiro atoms. The molecule has 1 unspecified atom stereocenters. The van der Waals surface area contributed by atoms with Crippen LogP contribution in [0, 0.1) is 0 Å². The number of hydrogen-bond acceptors (Lipinski definition) is 8. The maximum Gasteiger partial charge on any atom is 0.358 e. The Balaban J connectivity index is 2.21. The average molecular weight is 347 g/mol. The van der Waals surface area contributed by atoms with Gasteiger partial charge < -0.3 is 14.2 Å². The molecule has 11 nitrogen and oxygen atoms in total. The normalized spacial score (nSPS) is 13.5. The maximum atomic E-state index is 12.4. The van der Waals surface area contributed by atoms with Crippen LogP contribution in [0.5, 0.6) is 0 Å². The minimum absolute atomic E-state index is 0.00827. The first-order valence-corrected chi connectivity index (χ1v) is 8.65. The fourth-order valence-corrected chi connectivity index (χ4v) is 3.61. The van der Waals surface area contributed by atoms with Crippen LogP contribution in [0.1, 0.15) is 20.3 Å². The molecule has 1 atom stereocenters. The lowest BCUT2D eigenvalue weighted by molar-refractivity contribution is 0.140. The van der Waals surface area contributed by atoms with Crippen LogP contribution >= 0.6 is 7.60 Å². The van der Waals surface area contributed by atoms with Gasteiger partial charge in [0.2, 0.25) is 0 Å². The number of nitrogens with one attached hydrogen (secondary N) is 2. The van der Waals surface area contributed by atoms with Gasteiger partial charge in [-0.15, -0.1) is 5.10 Å². The molecular weight excluding hydrogens is 329 g/mol. The molecule has 3 N–H and O–H groups in total. The van der Waals surface area contributed by atoms with Gasteiger partial charge in [-0.25, -0.2) is 4.68 Å². The van der Waals surface area contributed by atoms with E-state index in [4.69, 9.17) is 9.05 Å². The number of aliphatic hydroxyl groups excluding tert-OH is 1. The minimum Gasteiger partial charge on any atom is -0.380 e. The van der Waals surface area contributed by atoms with E-state index >= 15 is 0 Å². The maximum absolute atomic E-state index is 12.4. The first kappa shape index (κ1) is 17.5. The summed E-state index contributed by atoms with van der Waals surface area (Å²) in [6.45, 7) is 3.52. The zero-order valence-electron chi connectivity index (χ0n) is 12.7. The van der Waals surface area contributed by atoms with Crippen LogP contribution < -0.4 is 11.1 Å². The van der Waals surface area contributed by atoms with Gasteiger partial charge in [-0.05, 0) is 13.8 Å². The summed E-state index contributed by atoms with van der Waals surface area (Å²) in [6, 6.07) is 0. The summed E-state index contributed by atoms with van der Waals surface area (Å²) in [5.41, 5.74) is -1.29. The second-order valence-corrected chi connectivity index (χ2v) is 6.75. The molecule has 2 aromatic rings. The Labute approximate surface area is 130 Å². The number of aryl methyl sites for hydroxylation is 1. The molecule has 0 fully saturated rings. The highest BCUT2D eigenvalue weighted by Crippen LogP contribution is 2.53. The van der Waals surface area contributed by atoms with E-state index in [-0.39, 0.29) is 37.2 Å². The number of aromatic nitrogens is 5. The van der Waals surface area contributed by atoms with Crippen LogP contribution in [0.3, 0.4) is 0 Å². The standard InChI is InChI=1S/C11H18N5O6P/c1-3-21-23(20,22-4-2)7(17)5-6-16-9-8(12-15-16)10(18)13-14-11(9)19/h7,17H,3-6H2,1-2H3,(H,13,18)(H,14,19). The summed E-state index contributed by atoms with van der Waals surface area (Å²) in [7, 11) is -3.67. The first-order valence-electron chi connectivity index (χ1n) is 7.04. The number of fused-ring (bicyclic) bond motifs is 1. The van der Waals surface area contributed by atoms with Gasteiger partial charge in [0.05, 0.1) is 13.2 Å². The van der Waals surface area contributed by atoms with E-state index in [0.717, 1.165) is 4.68 Å². The van der Waals surface area contributed by atoms with Gasteiger partial charge in [0.15, 0.2) is 16.9 Å². The van der Waals surface area contributed by atoms with Gasteiger partial charge in [-0.3, -0.25) is 24.4 Å². The quantitative estimate of drug-likeness (QED) is 0.554. The van der Waals surface area contributed by atoms with Crippen molar-refractivity contribution in [3.8, 4) is 0 Å². The third-order valence-electron chi connectivity index (χ3n) is 3.04. The van der Waals surface area contributed by atoms with Gasteiger partial charge in [-0.2, -0.15) is 0 Å². The molecule has 12 heteroatoms. The molecule has 2 heterocycles. The highest BCUT2D eigenvalue weighted by Gasteiger charge is 2.34. The Morgan fingerprint density at radius 3 is 2.43 bits per heavy atom. The van der Waals surface area contributed by atoms with Crippen molar-refractivity contribution in [2.24, 2.45) is 0 Å². The Bertz CT molecular complexity index is 816. The van der Waals surface area contributed by atoms with Crippen LogP contribution in [0.15, 0.2) is 9.59 Å². The van der Waals surface area contributed by atoms with Gasteiger partial charge in [-0.1, -0.05) is 5.21 Å². The summed E-state index contributed by atoms with van der Waals surface area (Å²) in [6.07, 6.45) is -0.0536. The number of rotatable bonds is 8. The van der Waals surface area contributed by atoms with Crippen molar-refractivity contribution >= 4 is 18.6 Å². The van der Waals surface area contributed by atoms with Crippen LogP contribution in [0.4, 0.5) is 0 Å². The molecule has 0 radical (unpaired) electrons. The Hall–Kier alpha value is -1.81. The summed E-state index contributed by atoms with van der Waals surface area (Å²) in [5.74, 6) is -1.39. The van der Waals surface area contributed by atoms with Crippen molar-refractivity contribution in [2.45, 2.75) is 32.7 Å². The van der Waals surface area contributed by atoms with E-state index < -0.39 is 24.6 Å². The topological polar surface area (TPSA) is 152 Å². The third-order valence-corrected chi connectivity index (χ3v) is 5.26. The molecular formula is C11H18N5O6P. The first-order chi connectivity index (χ1) is 10.9. The second kappa shape index (κ2) is 7.18. The van der Waals surface area contributed by atoms with E-state index in [1.165, 1.54) is 0 Å². The van der Waals surface area contributed by atoms with E-state index in [0.29, 0.717) is 0 Å². The van der Waals surface area contributed by atoms with Gasteiger partial charge in [0.25, 0.3) is 11.1 Å². The average Bonchev–Trinajstić information content (AvgIpc) is 2.94. The lowest BCUT2D eigenvalue weighted by atomic mass is 10.4. The SMILES string of the molecule is CCOP(=O)(OCC)C(O)CCn1nnc2c(=O)[nH][nH]c(=O)c21. The highest BCUT2D eigenvalue weighted by atomic mass is 31.2. The minimum atomic E-state index is -3.67. The van der Waals surface area contributed by atoms with E-state index in [1.807, 2.05) is 0 Å². The molecule has 0 bridgehead atoms. The van der Waals surface area contributed by atoms with Crippen molar-refractivity contribution in [1.82, 2.24) is 25.2 Å². The Morgan fingerprint density at radius 2 is 1.83 bits per heavy atom. The lowest BCUT2D eigenvalue weighted by Gasteiger charge is -2.22. The lowest BCUT2D eigenvalue weighted by Crippen LogP contribution is -2.22. The van der Waals surface area contributed by atoms with Crippen LogP contribution in [-0.2, 0) is 20.2 Å². The smallest absolute Gasteiger partial charge is 0.358 e. The third kappa shape index (κ3) is 3.58. The zero-order chi connectivity index (χ0) is 17.0. The molecule has 0 saturated carbocycles. The highest BCUT2D eigenvalue weighted by molar-refractivity contribution is 7.54. The summed E-state index contributed by atoms with van der Waals surface area (Å²) >= 11 is 0. The molecule has 0 aliphatic rings. The summed E-state index contributed by atoms with van der Waals surface area (Å²) < 4.78 is 23.7. The second-order valence-electron chi connectivity index (χ2n) is 4.56. The van der Waals surface area contributed by atoms with Crippen LogP contribution in [0.2, 0.25) is 0 Å². The Kier molecular flexibility index (Phi) is 5.47.